The van der Waals surface area contributed by atoms with Gasteiger partial charge in [0.15, 0.2) is 0 Å². The van der Waals surface area contributed by atoms with Crippen LogP contribution in [0.1, 0.15) is 18.1 Å². The van der Waals surface area contributed by atoms with Crippen LogP contribution in [0.25, 0.3) is 5.57 Å². The Hall–Kier alpha value is -3.12. The molecule has 140 valence electrons. The van der Waals surface area contributed by atoms with Crippen LogP contribution in [-0.2, 0) is 25.5 Å². The van der Waals surface area contributed by atoms with Gasteiger partial charge < -0.3 is 14.2 Å². The van der Waals surface area contributed by atoms with E-state index in [1.54, 1.807) is 31.2 Å². The van der Waals surface area contributed by atoms with Gasteiger partial charge in [-0.1, -0.05) is 48.5 Å². The molecule has 2 N–H and O–H groups in total. The van der Waals surface area contributed by atoms with Crippen LogP contribution in [0.5, 0.6) is 5.75 Å². The Labute approximate surface area is 157 Å². The van der Waals surface area contributed by atoms with Crippen LogP contribution >= 0.6 is 0 Å². The molecule has 0 amide bonds. The summed E-state index contributed by atoms with van der Waals surface area (Å²) in [4.78, 5) is 25.3. The van der Waals surface area contributed by atoms with Gasteiger partial charge in [0.2, 0.25) is 0 Å². The fourth-order valence-electron chi connectivity index (χ4n) is 3.14. The van der Waals surface area contributed by atoms with E-state index >= 15 is 0 Å². The fraction of sp³-hybridized carbons (Fsp3) is 0.238. The Bertz CT molecular complexity index is 890. The maximum atomic E-state index is 12.7. The highest BCUT2D eigenvalue weighted by atomic mass is 16.6. The molecule has 27 heavy (non-hydrogen) atoms. The summed E-state index contributed by atoms with van der Waals surface area (Å²) < 4.78 is 15.9. The topological polar surface area (TPSA) is 87.9 Å². The first kappa shape index (κ1) is 18.7. The molecular formula is C21H21NO5. The largest absolute Gasteiger partial charge is 0.466 e. The lowest BCUT2D eigenvalue weighted by atomic mass is 9.89. The molecule has 1 unspecified atom stereocenters. The lowest BCUT2D eigenvalue weighted by Crippen LogP contribution is -2.53. The Morgan fingerprint density at radius 3 is 2.41 bits per heavy atom. The summed E-state index contributed by atoms with van der Waals surface area (Å²) in [5.74, 6) is -0.920. The standard InChI is InChI=1S/C21H21NO5/c1-3-26-20(24)21(22)18(15-11-7-8-12-17(15)27-21)16(19(23)25-2)13-14-9-5-4-6-10-14/h4-12H,3,13,22H2,1-2H3/b18-16-. The van der Waals surface area contributed by atoms with Gasteiger partial charge in [-0.25, -0.2) is 9.59 Å². The Morgan fingerprint density at radius 2 is 1.74 bits per heavy atom. The highest BCUT2D eigenvalue weighted by Crippen LogP contribution is 2.44. The van der Waals surface area contributed by atoms with E-state index in [2.05, 4.69) is 0 Å². The van der Waals surface area contributed by atoms with Crippen LogP contribution in [0.3, 0.4) is 0 Å². The average molecular weight is 367 g/mol. The molecule has 0 bridgehead atoms. The summed E-state index contributed by atoms with van der Waals surface area (Å²) in [6, 6.07) is 16.4. The van der Waals surface area contributed by atoms with E-state index < -0.39 is 17.7 Å². The number of hydrogen-bond acceptors (Lipinski definition) is 6. The van der Waals surface area contributed by atoms with E-state index in [1.165, 1.54) is 7.11 Å². The second kappa shape index (κ2) is 7.63. The normalized spacial score (nSPS) is 19.7. The van der Waals surface area contributed by atoms with Crippen LogP contribution < -0.4 is 10.5 Å². The van der Waals surface area contributed by atoms with Gasteiger partial charge in [-0.05, 0) is 18.6 Å². The van der Waals surface area contributed by atoms with E-state index in [1.807, 2.05) is 30.3 Å². The van der Waals surface area contributed by atoms with Crippen molar-refractivity contribution in [2.24, 2.45) is 5.73 Å². The van der Waals surface area contributed by atoms with E-state index in [4.69, 9.17) is 19.9 Å². The molecule has 1 heterocycles. The molecule has 0 spiro atoms. The third kappa shape index (κ3) is 3.44. The minimum Gasteiger partial charge on any atom is -0.466 e. The molecule has 0 fully saturated rings. The van der Waals surface area contributed by atoms with Gasteiger partial charge in [0, 0.05) is 17.6 Å². The zero-order chi connectivity index (χ0) is 19.4. The molecule has 3 rings (SSSR count). The molecule has 1 atom stereocenters. The number of carbonyl (C=O) groups excluding carboxylic acids is 2. The zero-order valence-corrected chi connectivity index (χ0v) is 15.2. The summed E-state index contributed by atoms with van der Waals surface area (Å²) in [5, 5.41) is 0. The summed E-state index contributed by atoms with van der Waals surface area (Å²) in [7, 11) is 1.29. The van der Waals surface area contributed by atoms with Crippen LogP contribution in [0.4, 0.5) is 0 Å². The molecular weight excluding hydrogens is 346 g/mol. The van der Waals surface area contributed by atoms with Gasteiger partial charge in [-0.15, -0.1) is 0 Å². The minimum atomic E-state index is -1.92. The number of hydrogen-bond donors (Lipinski definition) is 1. The number of methoxy groups -OCH3 is 1. The fourth-order valence-corrected chi connectivity index (χ4v) is 3.14. The maximum Gasteiger partial charge on any atom is 0.371 e. The van der Waals surface area contributed by atoms with E-state index in [0.29, 0.717) is 11.3 Å². The second-order valence-corrected chi connectivity index (χ2v) is 6.06. The Kier molecular flexibility index (Phi) is 5.28. The van der Waals surface area contributed by atoms with Gasteiger partial charge in [0.05, 0.1) is 19.3 Å². The zero-order valence-electron chi connectivity index (χ0n) is 15.2. The Balaban J connectivity index is 2.22. The minimum absolute atomic E-state index is 0.136. The number of nitrogens with two attached hydrogens (primary N) is 1. The van der Waals surface area contributed by atoms with Crippen molar-refractivity contribution in [3.8, 4) is 5.75 Å². The average Bonchev–Trinajstić information content (AvgIpc) is 2.99. The van der Waals surface area contributed by atoms with Gasteiger partial charge in [-0.3, -0.25) is 5.73 Å². The third-order valence-electron chi connectivity index (χ3n) is 4.33. The molecule has 0 aliphatic carbocycles. The first-order valence-corrected chi connectivity index (χ1v) is 8.61. The van der Waals surface area contributed by atoms with Crippen molar-refractivity contribution in [2.45, 2.75) is 19.1 Å². The highest BCUT2D eigenvalue weighted by molar-refractivity contribution is 6.08. The van der Waals surface area contributed by atoms with Crippen molar-refractivity contribution in [1.29, 1.82) is 0 Å². The van der Waals surface area contributed by atoms with Gasteiger partial charge in [0.25, 0.3) is 5.72 Å². The van der Waals surface area contributed by atoms with E-state index in [-0.39, 0.29) is 24.2 Å². The number of rotatable bonds is 5. The summed E-state index contributed by atoms with van der Waals surface area (Å²) in [6.45, 7) is 1.81. The smallest absolute Gasteiger partial charge is 0.371 e. The van der Waals surface area contributed by atoms with Crippen molar-refractivity contribution in [2.75, 3.05) is 13.7 Å². The molecule has 1 aliphatic rings. The second-order valence-electron chi connectivity index (χ2n) is 6.06. The predicted molar refractivity (Wildman–Crippen MR) is 99.7 cm³/mol. The van der Waals surface area contributed by atoms with Crippen molar-refractivity contribution in [3.63, 3.8) is 0 Å². The highest BCUT2D eigenvalue weighted by Gasteiger charge is 2.51. The molecule has 2 aromatic carbocycles. The summed E-state index contributed by atoms with van der Waals surface area (Å²) in [6.07, 6.45) is 0.235. The van der Waals surface area contributed by atoms with Crippen molar-refractivity contribution >= 4 is 17.5 Å². The van der Waals surface area contributed by atoms with Crippen molar-refractivity contribution < 1.29 is 23.8 Å². The molecule has 0 aromatic heterocycles. The third-order valence-corrected chi connectivity index (χ3v) is 4.33. The molecule has 1 aliphatic heterocycles. The molecule has 2 aromatic rings. The Morgan fingerprint density at radius 1 is 1.07 bits per heavy atom. The summed E-state index contributed by atoms with van der Waals surface area (Å²) in [5.41, 5.74) is 6.42. The maximum absolute atomic E-state index is 12.7. The van der Waals surface area contributed by atoms with Crippen LogP contribution in [-0.4, -0.2) is 31.4 Å². The van der Waals surface area contributed by atoms with Gasteiger partial charge >= 0.3 is 11.9 Å². The molecule has 0 saturated heterocycles. The quantitative estimate of drug-likeness (QED) is 0.645. The first-order chi connectivity index (χ1) is 13.0. The van der Waals surface area contributed by atoms with Crippen LogP contribution in [0, 0.1) is 0 Å². The molecule has 0 radical (unpaired) electrons. The van der Waals surface area contributed by atoms with Crippen molar-refractivity contribution in [1.82, 2.24) is 0 Å². The number of para-hydroxylation sites is 1. The predicted octanol–water partition coefficient (Wildman–Crippen LogP) is 2.47. The lowest BCUT2D eigenvalue weighted by Gasteiger charge is -2.25. The first-order valence-electron chi connectivity index (χ1n) is 8.61. The summed E-state index contributed by atoms with van der Waals surface area (Å²) >= 11 is 0. The number of fused-ring (bicyclic) bond motifs is 1. The molecule has 0 saturated carbocycles. The molecule has 6 nitrogen and oxygen atoms in total. The number of benzene rings is 2. The van der Waals surface area contributed by atoms with E-state index in [0.717, 1.165) is 5.56 Å². The molecule has 6 heteroatoms. The monoisotopic (exact) mass is 367 g/mol. The van der Waals surface area contributed by atoms with E-state index in [9.17, 15) is 9.59 Å². The van der Waals surface area contributed by atoms with Gasteiger partial charge in [0.1, 0.15) is 5.75 Å². The lowest BCUT2D eigenvalue weighted by molar-refractivity contribution is -0.155. The number of esters is 2. The van der Waals surface area contributed by atoms with Crippen LogP contribution in [0.15, 0.2) is 60.2 Å². The van der Waals surface area contributed by atoms with Crippen molar-refractivity contribution in [3.05, 3.63) is 71.3 Å². The number of carbonyl (C=O) groups is 2. The SMILES string of the molecule is CCOC(=O)C1(N)Oc2ccccc2/C1=C(\Cc1ccccc1)C(=O)OC. The number of ether oxygens (including phenoxy) is 3. The van der Waals surface area contributed by atoms with Gasteiger partial charge in [-0.2, -0.15) is 0 Å². The van der Waals surface area contributed by atoms with Crippen LogP contribution in [0.2, 0.25) is 0 Å².